The standard InChI is InChI=1S/C16H28N3O9PSi/c1-10(20)25-12-8-16(18-19-17,28-29(22)23)27-13(14(12)26-11(2)21)9-24-30(6,7)15(3,4)5/h12-14H,8-9H2,1-7H3/p+1/t12-,13-,14+,16+/m1/s1. The van der Waals surface area contributed by atoms with Crippen molar-refractivity contribution >= 4 is 28.5 Å². The normalized spacial score (nSPS) is 27.6. The molecule has 1 heterocycles. The van der Waals surface area contributed by atoms with Crippen LogP contribution in [-0.4, -0.2) is 56.0 Å². The number of rotatable bonds is 8. The van der Waals surface area contributed by atoms with Gasteiger partial charge in [-0.25, -0.2) is 0 Å². The van der Waals surface area contributed by atoms with Gasteiger partial charge in [-0.15, -0.1) is 4.89 Å². The number of nitrogens with zero attached hydrogens (tertiary/aromatic N) is 3. The number of carbonyl (C=O) groups excluding carboxylic acids is 2. The van der Waals surface area contributed by atoms with Crippen LogP contribution in [-0.2, 0) is 37.3 Å². The molecule has 1 N–H and O–H groups in total. The molecule has 0 aromatic heterocycles. The lowest BCUT2D eigenvalue weighted by Gasteiger charge is -2.44. The highest BCUT2D eigenvalue weighted by Gasteiger charge is 2.56. The number of hydrogen-bond acceptors (Lipinski definition) is 9. The third-order valence-electron chi connectivity index (χ3n) is 4.98. The summed E-state index contributed by atoms with van der Waals surface area (Å²) in [5, 5.41) is 3.23. The Labute approximate surface area is 176 Å². The first-order chi connectivity index (χ1) is 13.6. The summed E-state index contributed by atoms with van der Waals surface area (Å²) in [6, 6.07) is 0. The van der Waals surface area contributed by atoms with Crippen molar-refractivity contribution in [3.63, 3.8) is 0 Å². The minimum absolute atomic E-state index is 0.125. The molecule has 1 fully saturated rings. The van der Waals surface area contributed by atoms with Crippen molar-refractivity contribution in [2.24, 2.45) is 5.11 Å². The highest BCUT2D eigenvalue weighted by atomic mass is 31.1. The highest BCUT2D eigenvalue weighted by molar-refractivity contribution is 7.32. The second kappa shape index (κ2) is 10.1. The maximum atomic E-state index is 11.7. The number of ether oxygens (including phenoxy) is 3. The molecular weight excluding hydrogens is 437 g/mol. The van der Waals surface area contributed by atoms with Crippen molar-refractivity contribution in [1.82, 2.24) is 0 Å². The molecule has 5 atom stereocenters. The first kappa shape index (κ1) is 26.4. The lowest BCUT2D eigenvalue weighted by Crippen LogP contribution is -2.59. The Morgan fingerprint density at radius 3 is 2.30 bits per heavy atom. The second-order valence-corrected chi connectivity index (χ2v) is 13.9. The van der Waals surface area contributed by atoms with Gasteiger partial charge >= 0.3 is 26.1 Å². The van der Waals surface area contributed by atoms with E-state index in [1.807, 2.05) is 33.9 Å². The molecule has 1 saturated heterocycles. The smallest absolute Gasteiger partial charge is 0.458 e. The van der Waals surface area contributed by atoms with Gasteiger partial charge in [0.15, 0.2) is 14.4 Å². The van der Waals surface area contributed by atoms with E-state index in [1.165, 1.54) is 6.92 Å². The van der Waals surface area contributed by atoms with Crippen molar-refractivity contribution in [3.05, 3.63) is 10.4 Å². The molecule has 0 aromatic rings. The van der Waals surface area contributed by atoms with Gasteiger partial charge in [-0.05, 0) is 28.8 Å². The fraction of sp³-hybridized carbons (Fsp3) is 0.875. The highest BCUT2D eigenvalue weighted by Crippen LogP contribution is 2.42. The van der Waals surface area contributed by atoms with Gasteiger partial charge < -0.3 is 18.6 Å². The average Bonchev–Trinajstić information content (AvgIpc) is 2.53. The molecule has 14 heteroatoms. The van der Waals surface area contributed by atoms with Gasteiger partial charge in [0, 0.05) is 23.3 Å². The van der Waals surface area contributed by atoms with Gasteiger partial charge in [-0.2, -0.15) is 0 Å². The second-order valence-electron chi connectivity index (χ2n) is 8.38. The molecule has 1 aliphatic heterocycles. The average molecular weight is 466 g/mol. The van der Waals surface area contributed by atoms with E-state index in [4.69, 9.17) is 28.7 Å². The third-order valence-corrected chi connectivity index (χ3v) is 9.92. The maximum absolute atomic E-state index is 11.7. The topological polar surface area (TPSA) is 166 Å². The summed E-state index contributed by atoms with van der Waals surface area (Å²) in [6.45, 7) is 12.2. The van der Waals surface area contributed by atoms with Gasteiger partial charge in [0.25, 0.3) is 0 Å². The van der Waals surface area contributed by atoms with Gasteiger partial charge in [0.1, 0.15) is 12.2 Å². The summed E-state index contributed by atoms with van der Waals surface area (Å²) in [4.78, 5) is 35.1. The van der Waals surface area contributed by atoms with E-state index in [0.29, 0.717) is 0 Å². The molecule has 0 amide bonds. The summed E-state index contributed by atoms with van der Waals surface area (Å²) in [6.07, 6.45) is -3.86. The molecule has 0 spiro atoms. The maximum Gasteiger partial charge on any atom is 0.697 e. The first-order valence-electron chi connectivity index (χ1n) is 9.20. The molecule has 0 radical (unpaired) electrons. The molecule has 1 rings (SSSR count). The van der Waals surface area contributed by atoms with Crippen molar-refractivity contribution in [3.8, 4) is 0 Å². The van der Waals surface area contributed by atoms with Crippen LogP contribution in [0.3, 0.4) is 0 Å². The van der Waals surface area contributed by atoms with Crippen LogP contribution in [0.25, 0.3) is 10.4 Å². The predicted molar refractivity (Wildman–Crippen MR) is 107 cm³/mol. The Bertz CT molecular complexity index is 723. The summed E-state index contributed by atoms with van der Waals surface area (Å²) >= 11 is 0. The lowest BCUT2D eigenvalue weighted by atomic mass is 9.99. The molecule has 0 aromatic carbocycles. The molecule has 0 saturated carbocycles. The molecule has 0 bridgehead atoms. The van der Waals surface area contributed by atoms with Crippen molar-refractivity contribution in [1.29, 1.82) is 0 Å². The summed E-state index contributed by atoms with van der Waals surface area (Å²) in [5.41, 5.74) is 8.93. The van der Waals surface area contributed by atoms with E-state index >= 15 is 0 Å². The van der Waals surface area contributed by atoms with E-state index in [9.17, 15) is 19.0 Å². The van der Waals surface area contributed by atoms with Crippen LogP contribution >= 0.6 is 8.25 Å². The van der Waals surface area contributed by atoms with E-state index < -0.39 is 59.2 Å². The Morgan fingerprint density at radius 2 is 1.87 bits per heavy atom. The van der Waals surface area contributed by atoms with E-state index in [2.05, 4.69) is 10.0 Å². The zero-order valence-corrected chi connectivity index (χ0v) is 20.0. The Morgan fingerprint density at radius 1 is 1.30 bits per heavy atom. The molecule has 12 nitrogen and oxygen atoms in total. The SMILES string of the molecule is CC(=O)O[C@H]1[C@H](OC(C)=O)C[C@@](N=[N+]=[N-])(O[P+](=O)O)O[C@@H]1CO[Si](C)(C)C(C)(C)C. The summed E-state index contributed by atoms with van der Waals surface area (Å²) in [7, 11) is -5.53. The fourth-order valence-electron chi connectivity index (χ4n) is 2.59. The molecule has 0 aliphatic carbocycles. The van der Waals surface area contributed by atoms with E-state index in [1.54, 1.807) is 0 Å². The summed E-state index contributed by atoms with van der Waals surface area (Å²) in [5.74, 6) is -3.62. The fourth-order valence-corrected chi connectivity index (χ4v) is 4.01. The Kier molecular flexibility index (Phi) is 8.94. The van der Waals surface area contributed by atoms with E-state index in [-0.39, 0.29) is 11.6 Å². The van der Waals surface area contributed by atoms with Crippen molar-refractivity contribution in [2.75, 3.05) is 6.61 Å². The van der Waals surface area contributed by atoms with Gasteiger partial charge in [0.2, 0.25) is 0 Å². The van der Waals surface area contributed by atoms with Crippen LogP contribution < -0.4 is 0 Å². The van der Waals surface area contributed by atoms with Crippen LogP contribution in [0.15, 0.2) is 5.11 Å². The third kappa shape index (κ3) is 7.27. The lowest BCUT2D eigenvalue weighted by molar-refractivity contribution is -0.293. The molecular formula is C16H29N3O9PSi+. The van der Waals surface area contributed by atoms with E-state index in [0.717, 1.165) is 6.92 Å². The number of esters is 2. The molecule has 1 unspecified atom stereocenters. The van der Waals surface area contributed by atoms with Gasteiger partial charge in [-0.1, -0.05) is 25.3 Å². The zero-order valence-electron chi connectivity index (χ0n) is 18.1. The van der Waals surface area contributed by atoms with Crippen LogP contribution in [0.1, 0.15) is 41.0 Å². The number of azide groups is 1. The van der Waals surface area contributed by atoms with Crippen molar-refractivity contribution < 1.29 is 42.2 Å². The Balaban J connectivity index is 3.35. The Hall–Kier alpha value is -1.59. The summed E-state index contributed by atoms with van der Waals surface area (Å²) < 4.78 is 38.6. The number of hydrogen-bond donors (Lipinski definition) is 1. The molecule has 30 heavy (non-hydrogen) atoms. The van der Waals surface area contributed by atoms with Crippen LogP contribution in [0.4, 0.5) is 0 Å². The van der Waals surface area contributed by atoms with Gasteiger partial charge in [-0.3, -0.25) is 9.59 Å². The quantitative estimate of drug-likeness (QED) is 0.141. The van der Waals surface area contributed by atoms with Crippen LogP contribution in [0.2, 0.25) is 18.1 Å². The monoisotopic (exact) mass is 466 g/mol. The number of carbonyl (C=O) groups is 2. The zero-order chi connectivity index (χ0) is 23.3. The molecule has 1 aliphatic rings. The largest absolute Gasteiger partial charge is 0.697 e. The minimum Gasteiger partial charge on any atom is -0.458 e. The minimum atomic E-state index is -3.24. The predicted octanol–water partition coefficient (Wildman–Crippen LogP) is 3.29. The van der Waals surface area contributed by atoms with Crippen LogP contribution in [0.5, 0.6) is 0 Å². The first-order valence-corrected chi connectivity index (χ1v) is 13.2. The van der Waals surface area contributed by atoms with Crippen molar-refractivity contribution in [2.45, 2.75) is 83.4 Å². The van der Waals surface area contributed by atoms with Crippen LogP contribution in [0, 0.1) is 0 Å². The molecule has 170 valence electrons. The van der Waals surface area contributed by atoms with Gasteiger partial charge in [0.05, 0.1) is 13.0 Å².